The van der Waals surface area contributed by atoms with Crippen LogP contribution in [0.4, 0.5) is 5.69 Å². The second-order valence-corrected chi connectivity index (χ2v) is 5.83. The number of ether oxygens (including phenoxy) is 1. The summed E-state index contributed by atoms with van der Waals surface area (Å²) in [6, 6.07) is 4.48. The number of rotatable bonds is 4. The van der Waals surface area contributed by atoms with E-state index in [-0.39, 0.29) is 11.4 Å². The molecule has 0 saturated carbocycles. The summed E-state index contributed by atoms with van der Waals surface area (Å²) in [6.45, 7) is 2.96. The van der Waals surface area contributed by atoms with Crippen LogP contribution >= 0.6 is 0 Å². The number of benzene rings is 1. The molecule has 0 heterocycles. The topological polar surface area (TPSA) is 92.7 Å². The van der Waals surface area contributed by atoms with Gasteiger partial charge in [-0.1, -0.05) is 6.07 Å². The molecule has 0 aliphatic rings. The highest BCUT2D eigenvalue weighted by atomic mass is 32.2. The van der Waals surface area contributed by atoms with E-state index in [0.29, 0.717) is 0 Å². The number of carbonyl (C=O) groups is 1. The Balaban J connectivity index is 3.02. The van der Waals surface area contributed by atoms with Crippen LogP contribution < -0.4 is 4.72 Å². The Morgan fingerprint density at radius 3 is 2.61 bits per heavy atom. The van der Waals surface area contributed by atoms with Crippen molar-refractivity contribution < 1.29 is 23.1 Å². The maximum atomic E-state index is 11.8. The molecule has 1 unspecified atom stereocenters. The largest absolute Gasteiger partial charge is 0.506 e. The summed E-state index contributed by atoms with van der Waals surface area (Å²) in [4.78, 5) is 11.2. The fraction of sp³-hybridized carbons (Fsp3) is 0.364. The smallest absolute Gasteiger partial charge is 0.325 e. The lowest BCUT2D eigenvalue weighted by Gasteiger charge is -2.14. The minimum absolute atomic E-state index is 0.0331. The second-order valence-electron chi connectivity index (χ2n) is 3.83. The summed E-state index contributed by atoms with van der Waals surface area (Å²) in [5, 5.41) is 8.17. The van der Waals surface area contributed by atoms with Gasteiger partial charge < -0.3 is 9.84 Å². The lowest BCUT2D eigenvalue weighted by molar-refractivity contribution is -0.139. The summed E-state index contributed by atoms with van der Waals surface area (Å²) in [5.74, 6) is -1.07. The van der Waals surface area contributed by atoms with E-state index in [2.05, 4.69) is 9.46 Å². The standard InChI is InChI=1S/C11H15NO5S/c1-7-4-5-10(13)9(6-7)12-18(15,16)8(2)11(14)17-3/h4-6,8,12-13H,1-3H3. The number of aryl methyl sites for hydroxylation is 1. The van der Waals surface area contributed by atoms with E-state index < -0.39 is 21.2 Å². The van der Waals surface area contributed by atoms with E-state index in [1.165, 1.54) is 19.1 Å². The lowest BCUT2D eigenvalue weighted by Crippen LogP contribution is -2.33. The van der Waals surface area contributed by atoms with Crippen LogP contribution in [0.25, 0.3) is 0 Å². The molecule has 0 amide bonds. The van der Waals surface area contributed by atoms with E-state index in [0.717, 1.165) is 12.7 Å². The average molecular weight is 273 g/mol. The molecule has 1 aromatic rings. The van der Waals surface area contributed by atoms with Crippen LogP contribution in [0.2, 0.25) is 0 Å². The van der Waals surface area contributed by atoms with Crippen molar-refractivity contribution in [2.75, 3.05) is 11.8 Å². The molecule has 0 aliphatic heterocycles. The molecule has 1 atom stereocenters. The quantitative estimate of drug-likeness (QED) is 0.630. The van der Waals surface area contributed by atoms with Crippen LogP contribution in [0.1, 0.15) is 12.5 Å². The van der Waals surface area contributed by atoms with Gasteiger partial charge in [0.15, 0.2) is 5.25 Å². The number of aromatic hydroxyl groups is 1. The third-order valence-electron chi connectivity index (χ3n) is 2.40. The van der Waals surface area contributed by atoms with Crippen molar-refractivity contribution in [2.45, 2.75) is 19.1 Å². The number of anilines is 1. The molecule has 0 aliphatic carbocycles. The van der Waals surface area contributed by atoms with E-state index in [9.17, 15) is 18.3 Å². The van der Waals surface area contributed by atoms with Crippen LogP contribution in [-0.4, -0.2) is 31.9 Å². The van der Waals surface area contributed by atoms with Gasteiger partial charge in [0.1, 0.15) is 5.75 Å². The monoisotopic (exact) mass is 273 g/mol. The predicted molar refractivity (Wildman–Crippen MR) is 66.9 cm³/mol. The number of hydrogen-bond donors (Lipinski definition) is 2. The van der Waals surface area contributed by atoms with E-state index in [4.69, 9.17) is 0 Å². The SMILES string of the molecule is COC(=O)C(C)S(=O)(=O)Nc1cc(C)ccc1O. The highest BCUT2D eigenvalue weighted by Crippen LogP contribution is 2.25. The van der Waals surface area contributed by atoms with Crippen molar-refractivity contribution in [3.63, 3.8) is 0 Å². The van der Waals surface area contributed by atoms with Crippen LogP contribution in [0, 0.1) is 6.92 Å². The number of carbonyl (C=O) groups excluding carboxylic acids is 1. The van der Waals surface area contributed by atoms with Gasteiger partial charge in [0.05, 0.1) is 12.8 Å². The Morgan fingerprint density at radius 2 is 2.06 bits per heavy atom. The Morgan fingerprint density at radius 1 is 1.44 bits per heavy atom. The number of methoxy groups -OCH3 is 1. The number of phenolic OH excluding ortho intramolecular Hbond substituents is 1. The maximum absolute atomic E-state index is 11.8. The van der Waals surface area contributed by atoms with Gasteiger partial charge in [-0.25, -0.2) is 8.42 Å². The van der Waals surface area contributed by atoms with Crippen molar-refractivity contribution in [1.29, 1.82) is 0 Å². The van der Waals surface area contributed by atoms with E-state index >= 15 is 0 Å². The predicted octanol–water partition coefficient (Wildman–Crippen LogP) is 1.00. The van der Waals surface area contributed by atoms with Crippen molar-refractivity contribution >= 4 is 21.7 Å². The fourth-order valence-electron chi connectivity index (χ4n) is 1.27. The zero-order valence-electron chi connectivity index (χ0n) is 10.3. The summed E-state index contributed by atoms with van der Waals surface area (Å²) in [7, 11) is -2.84. The molecule has 1 rings (SSSR count). The molecule has 0 saturated heterocycles. The molecule has 0 aromatic heterocycles. The van der Waals surface area contributed by atoms with Gasteiger partial charge in [0.25, 0.3) is 0 Å². The van der Waals surface area contributed by atoms with Gasteiger partial charge in [-0.05, 0) is 31.5 Å². The minimum atomic E-state index is -3.95. The van der Waals surface area contributed by atoms with Gasteiger partial charge in [0.2, 0.25) is 10.0 Å². The zero-order valence-corrected chi connectivity index (χ0v) is 11.1. The summed E-state index contributed by atoms with van der Waals surface area (Å²) in [5.41, 5.74) is 0.807. The molecule has 0 fully saturated rings. The highest BCUT2D eigenvalue weighted by Gasteiger charge is 2.29. The van der Waals surface area contributed by atoms with Gasteiger partial charge >= 0.3 is 5.97 Å². The molecule has 0 bridgehead atoms. The molecular weight excluding hydrogens is 258 g/mol. The normalized spacial score (nSPS) is 12.8. The molecule has 6 nitrogen and oxygen atoms in total. The lowest BCUT2D eigenvalue weighted by atomic mass is 10.2. The fourth-order valence-corrected chi connectivity index (χ4v) is 2.26. The molecule has 2 N–H and O–H groups in total. The van der Waals surface area contributed by atoms with Crippen molar-refractivity contribution in [2.24, 2.45) is 0 Å². The number of nitrogens with one attached hydrogen (secondary N) is 1. The minimum Gasteiger partial charge on any atom is -0.506 e. The van der Waals surface area contributed by atoms with Crippen LogP contribution in [0.5, 0.6) is 5.75 Å². The van der Waals surface area contributed by atoms with Gasteiger partial charge in [-0.15, -0.1) is 0 Å². The van der Waals surface area contributed by atoms with Crippen molar-refractivity contribution in [3.8, 4) is 5.75 Å². The third-order valence-corrected chi connectivity index (χ3v) is 4.03. The Hall–Kier alpha value is -1.76. The van der Waals surface area contributed by atoms with Crippen molar-refractivity contribution in [3.05, 3.63) is 23.8 Å². The average Bonchev–Trinajstić information content (AvgIpc) is 2.31. The first kappa shape index (κ1) is 14.3. The first-order valence-corrected chi connectivity index (χ1v) is 6.71. The highest BCUT2D eigenvalue weighted by molar-refractivity contribution is 7.94. The number of esters is 1. The molecule has 1 aromatic carbocycles. The second kappa shape index (κ2) is 5.26. The van der Waals surface area contributed by atoms with Crippen LogP contribution in [0.3, 0.4) is 0 Å². The molecule has 7 heteroatoms. The Bertz CT molecular complexity index is 553. The van der Waals surface area contributed by atoms with E-state index in [1.54, 1.807) is 13.0 Å². The summed E-state index contributed by atoms with van der Waals surface area (Å²) < 4.78 is 30.2. The van der Waals surface area contributed by atoms with Gasteiger partial charge in [0, 0.05) is 0 Å². The number of hydrogen-bond acceptors (Lipinski definition) is 5. The number of phenols is 1. The Labute approximate surface area is 106 Å². The first-order valence-electron chi connectivity index (χ1n) is 5.17. The Kier molecular flexibility index (Phi) is 4.18. The maximum Gasteiger partial charge on any atom is 0.325 e. The first-order chi connectivity index (χ1) is 8.27. The molecule has 0 spiro atoms. The van der Waals surface area contributed by atoms with Crippen LogP contribution in [0.15, 0.2) is 18.2 Å². The van der Waals surface area contributed by atoms with Crippen molar-refractivity contribution in [1.82, 2.24) is 0 Å². The van der Waals surface area contributed by atoms with E-state index in [1.807, 2.05) is 0 Å². The van der Waals surface area contributed by atoms with Gasteiger partial charge in [-0.3, -0.25) is 9.52 Å². The molecule has 18 heavy (non-hydrogen) atoms. The summed E-state index contributed by atoms with van der Waals surface area (Å²) >= 11 is 0. The number of sulfonamides is 1. The molecule has 100 valence electrons. The molecular formula is C11H15NO5S. The third kappa shape index (κ3) is 3.13. The summed E-state index contributed by atoms with van der Waals surface area (Å²) in [6.07, 6.45) is 0. The molecule has 0 radical (unpaired) electrons. The van der Waals surface area contributed by atoms with Gasteiger partial charge in [-0.2, -0.15) is 0 Å². The van der Waals surface area contributed by atoms with Crippen LogP contribution in [-0.2, 0) is 19.6 Å². The zero-order chi connectivity index (χ0) is 13.9.